The van der Waals surface area contributed by atoms with Crippen molar-refractivity contribution < 1.29 is 40.2 Å². The van der Waals surface area contributed by atoms with Gasteiger partial charge in [0, 0.05) is 18.9 Å². The van der Waals surface area contributed by atoms with Crippen molar-refractivity contribution in [3.8, 4) is 11.5 Å². The summed E-state index contributed by atoms with van der Waals surface area (Å²) in [4.78, 5) is 23.1. The first-order valence-electron chi connectivity index (χ1n) is 7.45. The Balaban J connectivity index is 2.06. The highest BCUT2D eigenvalue weighted by molar-refractivity contribution is 5.92. The first-order valence-corrected chi connectivity index (χ1v) is 7.45. The number of benzene rings is 1. The second kappa shape index (κ2) is 7.09. The summed E-state index contributed by atoms with van der Waals surface area (Å²) in [6, 6.07) is 2.75. The molecule has 1 fully saturated rings. The zero-order valence-corrected chi connectivity index (χ0v) is 13.0. The number of amides is 1. The van der Waals surface area contributed by atoms with Crippen molar-refractivity contribution in [1.82, 2.24) is 5.32 Å². The normalized spacial score (nSPS) is 29.5. The van der Waals surface area contributed by atoms with Crippen LogP contribution in [0, 0.1) is 0 Å². The number of aliphatic hydroxyl groups is 3. The van der Waals surface area contributed by atoms with E-state index in [1.807, 2.05) is 0 Å². The van der Waals surface area contributed by atoms with Crippen molar-refractivity contribution in [1.29, 1.82) is 0 Å². The molecule has 7 N–H and O–H groups in total. The van der Waals surface area contributed by atoms with Crippen LogP contribution in [0.15, 0.2) is 24.3 Å². The van der Waals surface area contributed by atoms with Gasteiger partial charge in [0.1, 0.15) is 6.10 Å². The van der Waals surface area contributed by atoms with E-state index < -0.39 is 48.6 Å². The van der Waals surface area contributed by atoms with Gasteiger partial charge in [-0.15, -0.1) is 0 Å². The molecule has 1 saturated carbocycles. The Bertz CT molecular complexity index is 703. The van der Waals surface area contributed by atoms with Crippen LogP contribution in [0.25, 0.3) is 6.08 Å². The first kappa shape index (κ1) is 18.7. The maximum absolute atomic E-state index is 11.9. The van der Waals surface area contributed by atoms with Crippen molar-refractivity contribution in [3.05, 3.63) is 29.8 Å². The number of phenolic OH excluding ortho intramolecular Hbond substituents is 2. The Morgan fingerprint density at radius 2 is 1.84 bits per heavy atom. The molecular weight excluding hydrogens is 334 g/mol. The summed E-state index contributed by atoms with van der Waals surface area (Å²) >= 11 is 0. The average Bonchev–Trinajstić information content (AvgIpc) is 2.53. The lowest BCUT2D eigenvalue weighted by Crippen LogP contribution is -2.60. The molecule has 0 bridgehead atoms. The second-order valence-corrected chi connectivity index (χ2v) is 6.00. The second-order valence-electron chi connectivity index (χ2n) is 6.00. The minimum atomic E-state index is -2.25. The van der Waals surface area contributed by atoms with Crippen molar-refractivity contribution in [2.24, 2.45) is 0 Å². The molecule has 2 rings (SSSR count). The van der Waals surface area contributed by atoms with E-state index in [2.05, 4.69) is 5.32 Å². The summed E-state index contributed by atoms with van der Waals surface area (Å²) in [5, 5.41) is 59.6. The van der Waals surface area contributed by atoms with Crippen LogP contribution < -0.4 is 5.32 Å². The SMILES string of the molecule is O=C(/C=C\c1ccc(O)c(O)c1)N[C@H]1C[C@](O)(C(=O)O)C[C@@H](O)[C@H]1O. The highest BCUT2D eigenvalue weighted by Crippen LogP contribution is 2.29. The predicted molar refractivity (Wildman–Crippen MR) is 84.6 cm³/mol. The Kier molecular flexibility index (Phi) is 5.31. The molecule has 0 heterocycles. The van der Waals surface area contributed by atoms with Crippen LogP contribution in [0.2, 0.25) is 0 Å². The lowest BCUT2D eigenvalue weighted by molar-refractivity contribution is -0.175. The van der Waals surface area contributed by atoms with E-state index in [0.717, 1.165) is 6.08 Å². The predicted octanol–water partition coefficient (Wildman–Crippen LogP) is -1.07. The largest absolute Gasteiger partial charge is 0.504 e. The minimum Gasteiger partial charge on any atom is -0.504 e. The van der Waals surface area contributed by atoms with Crippen molar-refractivity contribution >= 4 is 18.0 Å². The van der Waals surface area contributed by atoms with Gasteiger partial charge in [-0.1, -0.05) is 6.07 Å². The summed E-state index contributed by atoms with van der Waals surface area (Å²) in [6.07, 6.45) is -1.53. The van der Waals surface area contributed by atoms with Gasteiger partial charge in [0.25, 0.3) is 0 Å². The first-order chi connectivity index (χ1) is 11.6. The lowest BCUT2D eigenvalue weighted by Gasteiger charge is -2.39. The maximum atomic E-state index is 11.9. The van der Waals surface area contributed by atoms with E-state index in [4.69, 9.17) is 5.11 Å². The molecule has 0 aliphatic heterocycles. The standard InChI is InChI=1S/C16H19NO8/c18-10-3-1-8(5-11(10)19)2-4-13(21)17-9-6-16(25,15(23)24)7-12(20)14(9)22/h1-5,9,12,14,18-20,22,25H,6-7H2,(H,17,21)(H,23,24)/b4-2-/t9-,12+,14-,16+/m0/s1. The molecule has 136 valence electrons. The Labute approximate surface area is 142 Å². The lowest BCUT2D eigenvalue weighted by atomic mass is 9.78. The highest BCUT2D eigenvalue weighted by atomic mass is 16.4. The van der Waals surface area contributed by atoms with Crippen LogP contribution in [0.1, 0.15) is 18.4 Å². The monoisotopic (exact) mass is 353 g/mol. The number of carbonyl (C=O) groups excluding carboxylic acids is 1. The number of aromatic hydroxyl groups is 2. The number of carboxylic acid groups (broad SMARTS) is 1. The fraction of sp³-hybridized carbons (Fsp3) is 0.375. The number of hydrogen-bond donors (Lipinski definition) is 7. The van der Waals surface area contributed by atoms with Gasteiger partial charge in [-0.3, -0.25) is 4.79 Å². The molecule has 1 aromatic rings. The van der Waals surface area contributed by atoms with E-state index >= 15 is 0 Å². The van der Waals surface area contributed by atoms with E-state index in [1.165, 1.54) is 24.3 Å². The average molecular weight is 353 g/mol. The molecule has 9 heteroatoms. The third kappa shape index (κ3) is 4.27. The summed E-state index contributed by atoms with van der Waals surface area (Å²) in [5.41, 5.74) is -1.83. The number of rotatable bonds is 4. The van der Waals surface area contributed by atoms with Gasteiger partial charge in [-0.05, 0) is 23.8 Å². The molecule has 1 aliphatic rings. The van der Waals surface area contributed by atoms with E-state index in [1.54, 1.807) is 0 Å². The fourth-order valence-electron chi connectivity index (χ4n) is 2.66. The van der Waals surface area contributed by atoms with Gasteiger partial charge in [0.15, 0.2) is 17.1 Å². The topological polar surface area (TPSA) is 168 Å². The number of aliphatic carboxylic acids is 1. The molecular formula is C16H19NO8. The zero-order valence-electron chi connectivity index (χ0n) is 13.0. The molecule has 1 amide bonds. The van der Waals surface area contributed by atoms with E-state index in [-0.39, 0.29) is 11.5 Å². The van der Waals surface area contributed by atoms with Crippen molar-refractivity contribution in [2.75, 3.05) is 0 Å². The molecule has 4 atom stereocenters. The quantitative estimate of drug-likeness (QED) is 0.265. The third-order valence-electron chi connectivity index (χ3n) is 4.06. The van der Waals surface area contributed by atoms with E-state index in [0.29, 0.717) is 5.56 Å². The molecule has 0 saturated heterocycles. The van der Waals surface area contributed by atoms with Gasteiger partial charge in [-0.25, -0.2) is 4.79 Å². The van der Waals surface area contributed by atoms with E-state index in [9.17, 15) is 35.1 Å². The van der Waals surface area contributed by atoms with Crippen LogP contribution >= 0.6 is 0 Å². The zero-order chi connectivity index (χ0) is 18.8. The summed E-state index contributed by atoms with van der Waals surface area (Å²) in [7, 11) is 0. The number of nitrogens with one attached hydrogen (secondary N) is 1. The number of carbonyl (C=O) groups is 2. The Morgan fingerprint density at radius 3 is 2.44 bits per heavy atom. The maximum Gasteiger partial charge on any atom is 0.335 e. The van der Waals surface area contributed by atoms with Crippen LogP contribution in [-0.2, 0) is 9.59 Å². The number of hydrogen-bond acceptors (Lipinski definition) is 7. The van der Waals surface area contributed by atoms with Gasteiger partial charge < -0.3 is 36.0 Å². The smallest absolute Gasteiger partial charge is 0.335 e. The molecule has 0 unspecified atom stereocenters. The minimum absolute atomic E-state index is 0.311. The Hall–Kier alpha value is -2.62. The molecule has 1 aromatic carbocycles. The number of carboxylic acids is 1. The fourth-order valence-corrected chi connectivity index (χ4v) is 2.66. The molecule has 9 nitrogen and oxygen atoms in total. The highest BCUT2D eigenvalue weighted by Gasteiger charge is 2.49. The van der Waals surface area contributed by atoms with Gasteiger partial charge in [0.05, 0.1) is 12.1 Å². The molecule has 25 heavy (non-hydrogen) atoms. The molecule has 0 aromatic heterocycles. The third-order valence-corrected chi connectivity index (χ3v) is 4.06. The number of phenols is 2. The van der Waals surface area contributed by atoms with Crippen LogP contribution in [0.4, 0.5) is 0 Å². The van der Waals surface area contributed by atoms with Gasteiger partial charge in [-0.2, -0.15) is 0 Å². The Morgan fingerprint density at radius 1 is 1.16 bits per heavy atom. The summed E-state index contributed by atoms with van der Waals surface area (Å²) in [6.45, 7) is 0. The van der Waals surface area contributed by atoms with Crippen molar-refractivity contribution in [2.45, 2.75) is 36.7 Å². The van der Waals surface area contributed by atoms with Crippen molar-refractivity contribution in [3.63, 3.8) is 0 Å². The molecule has 0 radical (unpaired) electrons. The van der Waals surface area contributed by atoms with Gasteiger partial charge in [0.2, 0.25) is 5.91 Å². The number of aliphatic hydroxyl groups excluding tert-OH is 2. The molecule has 1 aliphatic carbocycles. The summed E-state index contributed by atoms with van der Waals surface area (Å²) < 4.78 is 0. The summed E-state index contributed by atoms with van der Waals surface area (Å²) in [5.74, 6) is -2.92. The molecule has 0 spiro atoms. The van der Waals surface area contributed by atoms with Crippen LogP contribution in [-0.4, -0.2) is 66.4 Å². The van der Waals surface area contributed by atoms with Crippen LogP contribution in [0.3, 0.4) is 0 Å². The van der Waals surface area contributed by atoms with Gasteiger partial charge >= 0.3 is 5.97 Å². The van der Waals surface area contributed by atoms with Crippen LogP contribution in [0.5, 0.6) is 11.5 Å².